The number of likely N-dealkylation sites (tertiary alicyclic amines) is 1. The highest BCUT2D eigenvalue weighted by Gasteiger charge is 2.28. The minimum absolute atomic E-state index is 0.234. The van der Waals surface area contributed by atoms with E-state index in [1.54, 1.807) is 0 Å². The van der Waals surface area contributed by atoms with E-state index in [2.05, 4.69) is 25.8 Å². The smallest absolute Gasteiger partial charge is 0.226 e. The first-order chi connectivity index (χ1) is 6.02. The predicted molar refractivity (Wildman–Crippen MR) is 53.5 cm³/mol. The average Bonchev–Trinajstić information content (AvgIpc) is 2.49. The van der Waals surface area contributed by atoms with Gasteiger partial charge in [0, 0.05) is 19.6 Å². The van der Waals surface area contributed by atoms with Crippen LogP contribution in [0.5, 0.6) is 0 Å². The molecule has 0 aromatic heterocycles. The highest BCUT2D eigenvalue weighted by atomic mass is 16.2. The third-order valence-corrected chi connectivity index (χ3v) is 2.86. The van der Waals surface area contributed by atoms with Gasteiger partial charge in [-0.25, -0.2) is 0 Å². The Bertz CT molecular complexity index is 191. The van der Waals surface area contributed by atoms with Crippen molar-refractivity contribution in [2.45, 2.75) is 26.3 Å². The molecule has 1 amide bonds. The molecule has 1 unspecified atom stereocenters. The molecule has 0 bridgehead atoms. The molecule has 3 nitrogen and oxygen atoms in total. The fourth-order valence-corrected chi connectivity index (χ4v) is 1.68. The number of rotatable bonds is 2. The Morgan fingerprint density at radius 1 is 1.54 bits per heavy atom. The van der Waals surface area contributed by atoms with Crippen molar-refractivity contribution >= 4 is 5.91 Å². The zero-order valence-corrected chi connectivity index (χ0v) is 9.08. The molecule has 0 aromatic rings. The van der Waals surface area contributed by atoms with Gasteiger partial charge in [0.1, 0.15) is 0 Å². The molecule has 1 atom stereocenters. The van der Waals surface area contributed by atoms with Crippen LogP contribution in [-0.2, 0) is 4.79 Å². The summed E-state index contributed by atoms with van der Waals surface area (Å²) in [4.78, 5) is 15.9. The summed E-state index contributed by atoms with van der Waals surface area (Å²) in [5.74, 6) is 0.539. The molecule has 1 aliphatic rings. The first-order valence-electron chi connectivity index (χ1n) is 4.97. The second-order valence-electron chi connectivity index (χ2n) is 4.29. The Kier molecular flexibility index (Phi) is 3.31. The van der Waals surface area contributed by atoms with Crippen molar-refractivity contribution < 1.29 is 4.79 Å². The van der Waals surface area contributed by atoms with E-state index in [9.17, 15) is 4.79 Å². The van der Waals surface area contributed by atoms with Gasteiger partial charge in [-0.3, -0.25) is 4.79 Å². The second-order valence-corrected chi connectivity index (χ2v) is 4.29. The minimum atomic E-state index is 0.234. The van der Waals surface area contributed by atoms with E-state index >= 15 is 0 Å². The molecular formula is C10H20N2O. The summed E-state index contributed by atoms with van der Waals surface area (Å²) in [5.41, 5.74) is 0. The highest BCUT2D eigenvalue weighted by Crippen LogP contribution is 2.17. The van der Waals surface area contributed by atoms with Gasteiger partial charge < -0.3 is 9.80 Å². The lowest BCUT2D eigenvalue weighted by atomic mass is 10.1. The van der Waals surface area contributed by atoms with Gasteiger partial charge in [-0.15, -0.1) is 0 Å². The number of amides is 1. The fraction of sp³-hybridized carbons (Fsp3) is 0.900. The van der Waals surface area contributed by atoms with Gasteiger partial charge in [-0.05, 0) is 33.9 Å². The second kappa shape index (κ2) is 4.09. The van der Waals surface area contributed by atoms with Crippen LogP contribution in [0.15, 0.2) is 0 Å². The van der Waals surface area contributed by atoms with Crippen molar-refractivity contribution in [2.75, 3.05) is 27.2 Å². The molecule has 76 valence electrons. The molecule has 1 saturated heterocycles. The van der Waals surface area contributed by atoms with E-state index in [4.69, 9.17) is 0 Å². The summed E-state index contributed by atoms with van der Waals surface area (Å²) in [6, 6.07) is 0.318. The quantitative estimate of drug-likeness (QED) is 0.634. The molecule has 3 heteroatoms. The van der Waals surface area contributed by atoms with Gasteiger partial charge in [0.15, 0.2) is 0 Å². The Balaban J connectivity index is 2.48. The monoisotopic (exact) mass is 184 g/mol. The molecule has 0 spiro atoms. The van der Waals surface area contributed by atoms with Gasteiger partial charge in [0.25, 0.3) is 0 Å². The standard InChI is InChI=1S/C10H20N2O/c1-8(2)12(4)10(13)9-5-6-11(3)7-9/h8-9H,5-7H2,1-4H3. The normalized spacial score (nSPS) is 23.9. The van der Waals surface area contributed by atoms with Crippen LogP contribution in [0.4, 0.5) is 0 Å². The van der Waals surface area contributed by atoms with Gasteiger partial charge in [0.05, 0.1) is 5.92 Å². The molecule has 1 rings (SSSR count). The van der Waals surface area contributed by atoms with E-state index in [0.29, 0.717) is 11.9 Å². The molecule has 1 fully saturated rings. The van der Waals surface area contributed by atoms with Crippen molar-refractivity contribution in [3.63, 3.8) is 0 Å². The maximum absolute atomic E-state index is 11.8. The average molecular weight is 184 g/mol. The molecule has 0 aliphatic carbocycles. The Morgan fingerprint density at radius 2 is 2.15 bits per heavy atom. The Labute approximate surface area is 80.7 Å². The number of nitrogens with zero attached hydrogens (tertiary/aromatic N) is 2. The van der Waals surface area contributed by atoms with Gasteiger partial charge in [-0.1, -0.05) is 0 Å². The fourth-order valence-electron chi connectivity index (χ4n) is 1.68. The van der Waals surface area contributed by atoms with Crippen molar-refractivity contribution in [3.8, 4) is 0 Å². The largest absolute Gasteiger partial charge is 0.343 e. The summed E-state index contributed by atoms with van der Waals surface area (Å²) < 4.78 is 0. The van der Waals surface area contributed by atoms with Crippen molar-refractivity contribution in [2.24, 2.45) is 5.92 Å². The van der Waals surface area contributed by atoms with Gasteiger partial charge in [-0.2, -0.15) is 0 Å². The van der Waals surface area contributed by atoms with E-state index in [0.717, 1.165) is 19.5 Å². The number of carbonyl (C=O) groups is 1. The maximum atomic E-state index is 11.8. The predicted octanol–water partition coefficient (Wildman–Crippen LogP) is 0.805. The first-order valence-corrected chi connectivity index (χ1v) is 4.97. The minimum Gasteiger partial charge on any atom is -0.343 e. The lowest BCUT2D eigenvalue weighted by Crippen LogP contribution is -2.38. The molecule has 0 saturated carbocycles. The molecule has 0 N–H and O–H groups in total. The topological polar surface area (TPSA) is 23.6 Å². The summed E-state index contributed by atoms with van der Waals surface area (Å²) in [6.45, 7) is 6.09. The van der Waals surface area contributed by atoms with E-state index in [-0.39, 0.29) is 5.92 Å². The van der Waals surface area contributed by atoms with Gasteiger partial charge >= 0.3 is 0 Å². The lowest BCUT2D eigenvalue weighted by Gasteiger charge is -2.24. The molecule has 1 heterocycles. The van der Waals surface area contributed by atoms with Crippen LogP contribution >= 0.6 is 0 Å². The maximum Gasteiger partial charge on any atom is 0.226 e. The van der Waals surface area contributed by atoms with Crippen LogP contribution in [0.3, 0.4) is 0 Å². The van der Waals surface area contributed by atoms with Gasteiger partial charge in [0.2, 0.25) is 5.91 Å². The molecule has 13 heavy (non-hydrogen) atoms. The van der Waals surface area contributed by atoms with Crippen molar-refractivity contribution in [1.29, 1.82) is 0 Å². The van der Waals surface area contributed by atoms with Crippen LogP contribution in [0.1, 0.15) is 20.3 Å². The van der Waals surface area contributed by atoms with Crippen molar-refractivity contribution in [3.05, 3.63) is 0 Å². The summed E-state index contributed by atoms with van der Waals surface area (Å²) in [5, 5.41) is 0. The van der Waals surface area contributed by atoms with E-state index < -0.39 is 0 Å². The van der Waals surface area contributed by atoms with E-state index in [1.165, 1.54) is 0 Å². The van der Waals surface area contributed by atoms with Crippen LogP contribution in [0.2, 0.25) is 0 Å². The zero-order valence-electron chi connectivity index (χ0n) is 9.08. The number of hydrogen-bond acceptors (Lipinski definition) is 2. The third-order valence-electron chi connectivity index (χ3n) is 2.86. The van der Waals surface area contributed by atoms with Crippen LogP contribution < -0.4 is 0 Å². The summed E-state index contributed by atoms with van der Waals surface area (Å²) >= 11 is 0. The summed E-state index contributed by atoms with van der Waals surface area (Å²) in [7, 11) is 3.97. The zero-order chi connectivity index (χ0) is 10.0. The number of hydrogen-bond donors (Lipinski definition) is 0. The Hall–Kier alpha value is -0.570. The molecule has 0 radical (unpaired) electrons. The lowest BCUT2D eigenvalue weighted by molar-refractivity contribution is -0.135. The van der Waals surface area contributed by atoms with Crippen LogP contribution in [-0.4, -0.2) is 48.9 Å². The molecule has 0 aromatic carbocycles. The Morgan fingerprint density at radius 3 is 2.54 bits per heavy atom. The third kappa shape index (κ3) is 2.44. The molecular weight excluding hydrogens is 164 g/mol. The molecule has 1 aliphatic heterocycles. The highest BCUT2D eigenvalue weighted by molar-refractivity contribution is 5.79. The SMILES string of the molecule is CC(C)N(C)C(=O)C1CCN(C)C1. The van der Waals surface area contributed by atoms with Crippen LogP contribution in [0.25, 0.3) is 0 Å². The van der Waals surface area contributed by atoms with E-state index in [1.807, 2.05) is 11.9 Å². The number of carbonyl (C=O) groups excluding carboxylic acids is 1. The summed E-state index contributed by atoms with van der Waals surface area (Å²) in [6.07, 6.45) is 1.02. The first kappa shape index (κ1) is 10.5. The van der Waals surface area contributed by atoms with Crippen LogP contribution in [0, 0.1) is 5.92 Å². The van der Waals surface area contributed by atoms with Crippen molar-refractivity contribution in [1.82, 2.24) is 9.80 Å².